The number of fused-ring (bicyclic) bond motifs is 1. The quantitative estimate of drug-likeness (QED) is 0.541. The average Bonchev–Trinajstić information content (AvgIpc) is 3.17. The third-order valence-electron chi connectivity index (χ3n) is 4.95. The maximum atomic E-state index is 13.7. The van der Waals surface area contributed by atoms with Crippen LogP contribution >= 0.6 is 0 Å². The zero-order valence-electron chi connectivity index (χ0n) is 17.5. The summed E-state index contributed by atoms with van der Waals surface area (Å²) in [5.41, 5.74) is 3.07. The minimum absolute atomic E-state index is 0.000665. The Labute approximate surface area is 184 Å². The zero-order chi connectivity index (χ0) is 22.5. The Bertz CT molecular complexity index is 1170. The van der Waals surface area contributed by atoms with Gasteiger partial charge in [-0.3, -0.25) is 4.79 Å². The molecule has 32 heavy (non-hydrogen) atoms. The fourth-order valence-electron chi connectivity index (χ4n) is 3.44. The van der Waals surface area contributed by atoms with E-state index in [0.29, 0.717) is 24.6 Å². The third-order valence-corrected chi connectivity index (χ3v) is 4.95. The van der Waals surface area contributed by atoms with Gasteiger partial charge in [0.1, 0.15) is 5.84 Å². The monoisotopic (exact) mass is 432 g/mol. The Balaban J connectivity index is 1.58. The molecule has 0 N–H and O–H groups in total. The number of aliphatic imine (C=N–C) groups is 1. The first-order valence-electron chi connectivity index (χ1n) is 10.2. The van der Waals surface area contributed by atoms with Crippen LogP contribution in [0.5, 0.6) is 5.75 Å². The van der Waals surface area contributed by atoms with E-state index < -0.39 is 17.7 Å². The summed E-state index contributed by atoms with van der Waals surface area (Å²) in [5.74, 6) is -0.986. The van der Waals surface area contributed by atoms with Crippen LogP contribution in [0.4, 0.5) is 10.1 Å². The van der Waals surface area contributed by atoms with Gasteiger partial charge in [0.2, 0.25) is 0 Å². The van der Waals surface area contributed by atoms with E-state index in [-0.39, 0.29) is 12.4 Å². The number of carbonyl (C=O) groups excluding carboxylic acids is 2. The Morgan fingerprint density at radius 3 is 2.47 bits per heavy atom. The molecular weight excluding hydrogens is 411 g/mol. The van der Waals surface area contributed by atoms with E-state index >= 15 is 0 Å². The van der Waals surface area contributed by atoms with Crippen molar-refractivity contribution in [2.24, 2.45) is 4.99 Å². The number of carbonyl (C=O) groups is 2. The summed E-state index contributed by atoms with van der Waals surface area (Å²) in [6.45, 7) is 2.19. The van der Waals surface area contributed by atoms with Crippen LogP contribution in [0.3, 0.4) is 0 Å². The van der Waals surface area contributed by atoms with Gasteiger partial charge in [0.25, 0.3) is 5.91 Å². The van der Waals surface area contributed by atoms with E-state index in [0.717, 1.165) is 16.8 Å². The van der Waals surface area contributed by atoms with E-state index in [1.807, 2.05) is 29.2 Å². The summed E-state index contributed by atoms with van der Waals surface area (Å²) < 4.78 is 24.1. The molecule has 6 nitrogen and oxygen atoms in total. The van der Waals surface area contributed by atoms with Crippen molar-refractivity contribution in [3.8, 4) is 5.75 Å². The Morgan fingerprint density at radius 2 is 1.72 bits per heavy atom. The lowest BCUT2D eigenvalue weighted by Gasteiger charge is -2.19. The number of halogens is 1. The predicted octanol–water partition coefficient (Wildman–Crippen LogP) is 4.37. The summed E-state index contributed by atoms with van der Waals surface area (Å²) in [6.07, 6.45) is 0. The van der Waals surface area contributed by atoms with Crippen LogP contribution in [-0.2, 0) is 16.1 Å². The molecule has 3 aromatic carbocycles. The molecule has 0 aromatic heterocycles. The molecule has 3 aromatic rings. The molecule has 0 saturated heterocycles. The van der Waals surface area contributed by atoms with Crippen LogP contribution in [0, 0.1) is 5.82 Å². The van der Waals surface area contributed by atoms with Crippen molar-refractivity contribution in [3.05, 3.63) is 95.3 Å². The number of nitrogens with zero attached hydrogens (tertiary/aromatic N) is 2. The normalized spacial score (nSPS) is 13.7. The number of amides is 1. The van der Waals surface area contributed by atoms with Crippen molar-refractivity contribution in [2.45, 2.75) is 13.5 Å². The van der Waals surface area contributed by atoms with Crippen molar-refractivity contribution in [2.75, 3.05) is 18.1 Å². The molecule has 1 amide bonds. The van der Waals surface area contributed by atoms with E-state index in [1.54, 1.807) is 43.3 Å². The van der Waals surface area contributed by atoms with Gasteiger partial charge in [-0.15, -0.1) is 0 Å². The van der Waals surface area contributed by atoms with Crippen LogP contribution in [0.25, 0.3) is 0 Å². The lowest BCUT2D eigenvalue weighted by atomic mass is 10.1. The number of ether oxygens (including phenoxy) is 2. The molecule has 7 heteroatoms. The van der Waals surface area contributed by atoms with Crippen LogP contribution in [0.2, 0.25) is 0 Å². The molecule has 0 atom stereocenters. The number of hydrogen-bond donors (Lipinski definition) is 0. The minimum atomic E-state index is -0.539. The van der Waals surface area contributed by atoms with Gasteiger partial charge in [-0.1, -0.05) is 36.4 Å². The number of amidine groups is 1. The molecule has 162 valence electrons. The average molecular weight is 432 g/mol. The molecule has 1 heterocycles. The highest BCUT2D eigenvalue weighted by Crippen LogP contribution is 2.29. The van der Waals surface area contributed by atoms with E-state index in [1.165, 1.54) is 12.1 Å². The van der Waals surface area contributed by atoms with Crippen LogP contribution in [0.15, 0.2) is 77.8 Å². The lowest BCUT2D eigenvalue weighted by molar-refractivity contribution is -0.119. The van der Waals surface area contributed by atoms with E-state index in [2.05, 4.69) is 4.99 Å². The molecule has 0 bridgehead atoms. The summed E-state index contributed by atoms with van der Waals surface area (Å²) in [5, 5.41) is 0. The van der Waals surface area contributed by atoms with Crippen LogP contribution in [0.1, 0.15) is 28.4 Å². The molecule has 1 aliphatic rings. The molecule has 4 rings (SSSR count). The van der Waals surface area contributed by atoms with Crippen molar-refractivity contribution in [1.82, 2.24) is 0 Å². The minimum Gasteiger partial charge on any atom is -0.481 e. The lowest BCUT2D eigenvalue weighted by Crippen LogP contribution is -2.26. The number of benzene rings is 3. The number of esters is 1. The number of hydrogen-bond acceptors (Lipinski definition) is 4. The predicted molar refractivity (Wildman–Crippen MR) is 118 cm³/mol. The second kappa shape index (κ2) is 9.43. The van der Waals surface area contributed by atoms with Gasteiger partial charge in [0, 0.05) is 11.3 Å². The van der Waals surface area contributed by atoms with Crippen LogP contribution in [-0.4, -0.2) is 30.9 Å². The van der Waals surface area contributed by atoms with Gasteiger partial charge >= 0.3 is 5.97 Å². The SMILES string of the molecule is CCOC(=O)c1ccc(N2Cc3ccccc3C2=NC(=O)COc2ccccc2F)cc1. The summed E-state index contributed by atoms with van der Waals surface area (Å²) in [6, 6.07) is 20.5. The fraction of sp³-hybridized carbons (Fsp3) is 0.160. The largest absolute Gasteiger partial charge is 0.481 e. The molecular formula is C25H21FN2O4. The molecule has 0 radical (unpaired) electrons. The van der Waals surface area contributed by atoms with Gasteiger partial charge in [-0.05, 0) is 48.9 Å². The number of rotatable bonds is 6. The second-order valence-electron chi connectivity index (χ2n) is 7.06. The summed E-state index contributed by atoms with van der Waals surface area (Å²) in [4.78, 5) is 30.7. The highest BCUT2D eigenvalue weighted by atomic mass is 19.1. The van der Waals surface area contributed by atoms with Gasteiger partial charge in [-0.25, -0.2) is 9.18 Å². The second-order valence-corrected chi connectivity index (χ2v) is 7.06. The summed E-state index contributed by atoms with van der Waals surface area (Å²) in [7, 11) is 0. The van der Waals surface area contributed by atoms with Crippen molar-refractivity contribution < 1.29 is 23.5 Å². The number of anilines is 1. The molecule has 0 aliphatic carbocycles. The molecule has 1 aliphatic heterocycles. The Kier molecular flexibility index (Phi) is 6.26. The molecule has 0 unspecified atom stereocenters. The first-order valence-corrected chi connectivity index (χ1v) is 10.2. The van der Waals surface area contributed by atoms with Crippen molar-refractivity contribution in [1.29, 1.82) is 0 Å². The zero-order valence-corrected chi connectivity index (χ0v) is 17.5. The standard InChI is InChI=1S/C25H21FN2O4/c1-2-31-25(30)17-11-13-19(14-12-17)28-15-18-7-3-4-8-20(18)24(28)27-23(29)16-32-22-10-6-5-9-21(22)26/h3-14H,2,15-16H2,1H3. The maximum Gasteiger partial charge on any atom is 0.338 e. The highest BCUT2D eigenvalue weighted by Gasteiger charge is 2.27. The first kappa shape index (κ1) is 21.2. The van der Waals surface area contributed by atoms with Gasteiger partial charge in [0.05, 0.1) is 18.7 Å². The van der Waals surface area contributed by atoms with Gasteiger partial charge in [-0.2, -0.15) is 4.99 Å². The first-order chi connectivity index (χ1) is 15.6. The van der Waals surface area contributed by atoms with Crippen molar-refractivity contribution in [3.63, 3.8) is 0 Å². The van der Waals surface area contributed by atoms with Crippen molar-refractivity contribution >= 4 is 23.4 Å². The molecule has 0 saturated carbocycles. The Morgan fingerprint density at radius 1 is 1.00 bits per heavy atom. The van der Waals surface area contributed by atoms with Gasteiger partial charge in [0.15, 0.2) is 18.2 Å². The molecule has 0 fully saturated rings. The van der Waals surface area contributed by atoms with Crippen LogP contribution < -0.4 is 9.64 Å². The highest BCUT2D eigenvalue weighted by molar-refractivity contribution is 6.17. The topological polar surface area (TPSA) is 68.2 Å². The molecule has 0 spiro atoms. The Hall–Kier alpha value is -4.00. The fourth-order valence-corrected chi connectivity index (χ4v) is 3.44. The third kappa shape index (κ3) is 4.51. The van der Waals surface area contributed by atoms with E-state index in [9.17, 15) is 14.0 Å². The van der Waals surface area contributed by atoms with Gasteiger partial charge < -0.3 is 14.4 Å². The maximum absolute atomic E-state index is 13.7. The summed E-state index contributed by atoms with van der Waals surface area (Å²) >= 11 is 0. The smallest absolute Gasteiger partial charge is 0.338 e. The number of para-hydroxylation sites is 1. The van der Waals surface area contributed by atoms with E-state index in [4.69, 9.17) is 9.47 Å².